The molecule has 9 heteroatoms. The molecular formula is C24H24ClFN4O3. The fraction of sp³-hybridized carbons (Fsp3) is 0.375. The number of fused-ring (bicyclic) bond motifs is 1. The van der Waals surface area contributed by atoms with Crippen LogP contribution in [0.5, 0.6) is 0 Å². The number of benzene rings is 2. The van der Waals surface area contributed by atoms with Gasteiger partial charge in [-0.1, -0.05) is 23.7 Å². The van der Waals surface area contributed by atoms with Crippen LogP contribution in [0, 0.1) is 5.82 Å². The second-order valence-corrected chi connectivity index (χ2v) is 9.18. The Bertz CT molecular complexity index is 1120. The molecule has 2 fully saturated rings. The fourth-order valence-electron chi connectivity index (χ4n) is 4.88. The number of halogens is 2. The van der Waals surface area contributed by atoms with E-state index in [4.69, 9.17) is 11.6 Å². The Kier molecular flexibility index (Phi) is 5.80. The Morgan fingerprint density at radius 2 is 1.76 bits per heavy atom. The van der Waals surface area contributed by atoms with Gasteiger partial charge in [-0.25, -0.2) is 4.39 Å². The molecule has 3 aliphatic rings. The maximum absolute atomic E-state index is 14.5. The fourth-order valence-corrected chi connectivity index (χ4v) is 5.01. The first-order valence-electron chi connectivity index (χ1n) is 11.1. The lowest BCUT2D eigenvalue weighted by molar-refractivity contribution is -0.136. The van der Waals surface area contributed by atoms with Crippen LogP contribution in [0.3, 0.4) is 0 Å². The summed E-state index contributed by atoms with van der Waals surface area (Å²) in [7, 11) is 0. The van der Waals surface area contributed by atoms with E-state index >= 15 is 0 Å². The number of anilines is 1. The summed E-state index contributed by atoms with van der Waals surface area (Å²) in [5.74, 6) is -1.62. The van der Waals surface area contributed by atoms with Crippen LogP contribution in [0.15, 0.2) is 36.4 Å². The summed E-state index contributed by atoms with van der Waals surface area (Å²) in [4.78, 5) is 42.8. The van der Waals surface area contributed by atoms with Gasteiger partial charge in [0.05, 0.1) is 0 Å². The van der Waals surface area contributed by atoms with E-state index in [1.807, 2.05) is 24.3 Å². The van der Waals surface area contributed by atoms with Crippen LogP contribution in [0.2, 0.25) is 5.02 Å². The highest BCUT2D eigenvalue weighted by Crippen LogP contribution is 2.35. The SMILES string of the molecule is O=C1CCC(N2Cc3c(cc(F)cc3N3CCN(Cc4ccc(Cl)cc4)CC3)C2=O)C(=O)N1. The van der Waals surface area contributed by atoms with E-state index in [1.165, 1.54) is 22.6 Å². The van der Waals surface area contributed by atoms with Crippen LogP contribution in [-0.2, 0) is 22.7 Å². The summed E-state index contributed by atoms with van der Waals surface area (Å²) in [5, 5.41) is 3.01. The second kappa shape index (κ2) is 8.76. The molecule has 0 saturated carbocycles. The van der Waals surface area contributed by atoms with Gasteiger partial charge in [0.25, 0.3) is 5.91 Å². The minimum absolute atomic E-state index is 0.188. The van der Waals surface area contributed by atoms with Crippen molar-refractivity contribution in [2.45, 2.75) is 32.0 Å². The second-order valence-electron chi connectivity index (χ2n) is 8.74. The molecule has 0 radical (unpaired) electrons. The monoisotopic (exact) mass is 470 g/mol. The first-order chi connectivity index (χ1) is 15.9. The van der Waals surface area contributed by atoms with Crippen molar-refractivity contribution in [2.24, 2.45) is 0 Å². The zero-order chi connectivity index (χ0) is 23.1. The molecule has 3 aliphatic heterocycles. The lowest BCUT2D eigenvalue weighted by Crippen LogP contribution is -2.52. The van der Waals surface area contributed by atoms with Gasteiger partial charge in [0.15, 0.2) is 0 Å². The Morgan fingerprint density at radius 1 is 1.03 bits per heavy atom. The lowest BCUT2D eigenvalue weighted by atomic mass is 10.0. The van der Waals surface area contributed by atoms with Crippen molar-refractivity contribution in [3.05, 3.63) is 63.9 Å². The van der Waals surface area contributed by atoms with Gasteiger partial charge in [0, 0.05) is 67.5 Å². The van der Waals surface area contributed by atoms with Crippen LogP contribution in [0.25, 0.3) is 0 Å². The van der Waals surface area contributed by atoms with E-state index < -0.39 is 17.8 Å². The molecular weight excluding hydrogens is 447 g/mol. The van der Waals surface area contributed by atoms with Gasteiger partial charge < -0.3 is 9.80 Å². The van der Waals surface area contributed by atoms with Crippen LogP contribution in [0.4, 0.5) is 10.1 Å². The maximum Gasteiger partial charge on any atom is 0.255 e. The lowest BCUT2D eigenvalue weighted by Gasteiger charge is -2.37. The predicted octanol–water partition coefficient (Wildman–Crippen LogP) is 2.56. The Hall–Kier alpha value is -2.97. The largest absolute Gasteiger partial charge is 0.369 e. The molecule has 2 saturated heterocycles. The van der Waals surface area contributed by atoms with Gasteiger partial charge >= 0.3 is 0 Å². The maximum atomic E-state index is 14.5. The van der Waals surface area contributed by atoms with Crippen molar-refractivity contribution in [1.29, 1.82) is 0 Å². The molecule has 0 aliphatic carbocycles. The number of imide groups is 1. The molecule has 0 spiro atoms. The molecule has 2 aromatic carbocycles. The smallest absolute Gasteiger partial charge is 0.255 e. The average Bonchev–Trinajstić information content (AvgIpc) is 3.11. The van der Waals surface area contributed by atoms with Crippen LogP contribution in [-0.4, -0.2) is 59.7 Å². The molecule has 1 atom stereocenters. The molecule has 1 N–H and O–H groups in total. The molecule has 1 unspecified atom stereocenters. The van der Waals surface area contributed by atoms with E-state index in [-0.39, 0.29) is 31.2 Å². The third-order valence-corrected chi connectivity index (χ3v) is 6.88. The third-order valence-electron chi connectivity index (χ3n) is 6.63. The summed E-state index contributed by atoms with van der Waals surface area (Å²) in [6, 6.07) is 9.82. The zero-order valence-corrected chi connectivity index (χ0v) is 18.8. The molecule has 2 aromatic rings. The summed E-state index contributed by atoms with van der Waals surface area (Å²) in [6.45, 7) is 4.07. The van der Waals surface area contributed by atoms with Crippen LogP contribution >= 0.6 is 11.6 Å². The van der Waals surface area contributed by atoms with E-state index in [2.05, 4.69) is 15.1 Å². The first kappa shape index (κ1) is 21.9. The van der Waals surface area contributed by atoms with Crippen LogP contribution in [0.1, 0.15) is 34.3 Å². The number of carbonyl (C=O) groups is 3. The summed E-state index contributed by atoms with van der Waals surface area (Å²) < 4.78 is 14.5. The normalized spacial score (nSPS) is 21.4. The highest BCUT2D eigenvalue weighted by atomic mass is 35.5. The van der Waals surface area contributed by atoms with Gasteiger partial charge in [-0.05, 0) is 36.2 Å². The van der Waals surface area contributed by atoms with Gasteiger partial charge in [-0.3, -0.25) is 24.6 Å². The van der Waals surface area contributed by atoms with Crippen molar-refractivity contribution in [2.75, 3.05) is 31.1 Å². The summed E-state index contributed by atoms with van der Waals surface area (Å²) in [5.41, 5.74) is 2.94. The Balaban J connectivity index is 1.31. The minimum Gasteiger partial charge on any atom is -0.369 e. The molecule has 5 rings (SSSR count). The van der Waals surface area contributed by atoms with Gasteiger partial charge in [-0.2, -0.15) is 0 Å². The number of nitrogens with one attached hydrogen (secondary N) is 1. The van der Waals surface area contributed by atoms with E-state index in [1.54, 1.807) is 0 Å². The molecule has 172 valence electrons. The van der Waals surface area contributed by atoms with E-state index in [0.29, 0.717) is 29.4 Å². The van der Waals surface area contributed by atoms with E-state index in [0.717, 1.165) is 25.2 Å². The molecule has 0 aromatic heterocycles. The van der Waals surface area contributed by atoms with Crippen molar-refractivity contribution >= 4 is 35.0 Å². The van der Waals surface area contributed by atoms with E-state index in [9.17, 15) is 18.8 Å². The number of hydrogen-bond donors (Lipinski definition) is 1. The molecule has 3 amide bonds. The number of amides is 3. The zero-order valence-electron chi connectivity index (χ0n) is 18.0. The van der Waals surface area contributed by atoms with Crippen molar-refractivity contribution in [1.82, 2.24) is 15.1 Å². The standard InChI is InChI=1S/C24H24ClFN4O3/c25-16-3-1-15(2-4-16)13-28-7-9-29(10-8-28)21-12-17(26)11-18-19(21)14-30(24(18)33)20-5-6-22(31)27-23(20)32/h1-4,11-12,20H,5-10,13-14H2,(H,27,31,32). The summed E-state index contributed by atoms with van der Waals surface area (Å²) in [6.07, 6.45) is 0.471. The molecule has 7 nitrogen and oxygen atoms in total. The minimum atomic E-state index is -0.713. The first-order valence-corrected chi connectivity index (χ1v) is 11.5. The number of carbonyl (C=O) groups excluding carboxylic acids is 3. The third kappa shape index (κ3) is 4.32. The highest BCUT2D eigenvalue weighted by molar-refractivity contribution is 6.30. The predicted molar refractivity (Wildman–Crippen MR) is 121 cm³/mol. The number of piperazine rings is 1. The van der Waals surface area contributed by atoms with Crippen molar-refractivity contribution in [3.63, 3.8) is 0 Å². The number of rotatable bonds is 4. The Labute approximate surface area is 196 Å². The van der Waals surface area contributed by atoms with Crippen molar-refractivity contribution in [3.8, 4) is 0 Å². The number of nitrogens with zero attached hydrogens (tertiary/aromatic N) is 3. The topological polar surface area (TPSA) is 73.0 Å². The summed E-state index contributed by atoms with van der Waals surface area (Å²) >= 11 is 5.97. The molecule has 0 bridgehead atoms. The number of hydrogen-bond acceptors (Lipinski definition) is 5. The van der Waals surface area contributed by atoms with Gasteiger partial charge in [0.2, 0.25) is 11.8 Å². The molecule has 3 heterocycles. The number of piperidine rings is 1. The quantitative estimate of drug-likeness (QED) is 0.695. The van der Waals surface area contributed by atoms with Gasteiger partial charge in [0.1, 0.15) is 11.9 Å². The highest BCUT2D eigenvalue weighted by Gasteiger charge is 2.41. The van der Waals surface area contributed by atoms with Gasteiger partial charge in [-0.15, -0.1) is 0 Å². The van der Waals surface area contributed by atoms with Crippen LogP contribution < -0.4 is 10.2 Å². The average molecular weight is 471 g/mol. The molecule has 33 heavy (non-hydrogen) atoms. The Morgan fingerprint density at radius 3 is 2.45 bits per heavy atom. The van der Waals surface area contributed by atoms with Crippen molar-refractivity contribution < 1.29 is 18.8 Å².